The second kappa shape index (κ2) is 6.10. The van der Waals surface area contributed by atoms with Gasteiger partial charge >= 0.3 is 5.97 Å². The van der Waals surface area contributed by atoms with Crippen LogP contribution in [0.15, 0.2) is 41.8 Å². The number of carbonyl (C=O) groups is 1. The first-order valence-electron chi connectivity index (χ1n) is 6.90. The van der Waals surface area contributed by atoms with Crippen LogP contribution in [0.1, 0.15) is 17.6 Å². The predicted molar refractivity (Wildman–Crippen MR) is 83.5 cm³/mol. The van der Waals surface area contributed by atoms with E-state index in [4.69, 9.17) is 4.74 Å². The van der Waals surface area contributed by atoms with Crippen molar-refractivity contribution in [3.8, 4) is 0 Å². The Balaban J connectivity index is 1.99. The topological polar surface area (TPSA) is 44.1 Å². The summed E-state index contributed by atoms with van der Waals surface area (Å²) < 4.78 is 7.02. The summed E-state index contributed by atoms with van der Waals surface area (Å²) in [4.78, 5) is 17.7. The van der Waals surface area contributed by atoms with Gasteiger partial charge in [-0.3, -0.25) is 4.79 Å². The van der Waals surface area contributed by atoms with E-state index in [1.807, 2.05) is 47.2 Å². The molecule has 3 aromatic rings. The molecule has 108 valence electrons. The number of rotatable bonds is 5. The van der Waals surface area contributed by atoms with Gasteiger partial charge < -0.3 is 9.30 Å². The zero-order valence-electron chi connectivity index (χ0n) is 11.8. The molecule has 0 fully saturated rings. The number of benzene rings is 1. The SMILES string of the molecule is CCOC(=O)Cn1c(Cc2cccs2)nc2ccccc21. The summed E-state index contributed by atoms with van der Waals surface area (Å²) in [7, 11) is 0. The lowest BCUT2D eigenvalue weighted by Crippen LogP contribution is -2.15. The second-order valence-corrected chi connectivity index (χ2v) is 5.70. The molecule has 0 unspecified atom stereocenters. The molecule has 0 radical (unpaired) electrons. The fourth-order valence-corrected chi connectivity index (χ4v) is 3.04. The lowest BCUT2D eigenvalue weighted by molar-refractivity contribution is -0.143. The molecule has 4 nitrogen and oxygen atoms in total. The number of hydrogen-bond donors (Lipinski definition) is 0. The Kier molecular flexibility index (Phi) is 4.01. The predicted octanol–water partition coefficient (Wildman–Crippen LogP) is 3.25. The van der Waals surface area contributed by atoms with E-state index in [0.29, 0.717) is 6.61 Å². The second-order valence-electron chi connectivity index (χ2n) is 4.66. The largest absolute Gasteiger partial charge is 0.465 e. The molecule has 0 spiro atoms. The Morgan fingerprint density at radius 2 is 2.14 bits per heavy atom. The molecule has 0 amide bonds. The van der Waals surface area contributed by atoms with Crippen molar-refractivity contribution in [2.45, 2.75) is 19.9 Å². The summed E-state index contributed by atoms with van der Waals surface area (Å²) >= 11 is 1.70. The highest BCUT2D eigenvalue weighted by Crippen LogP contribution is 2.20. The van der Waals surface area contributed by atoms with Crippen LogP contribution in [0.3, 0.4) is 0 Å². The van der Waals surface area contributed by atoms with Gasteiger partial charge in [0, 0.05) is 11.3 Å². The summed E-state index contributed by atoms with van der Waals surface area (Å²) in [5.74, 6) is 0.666. The van der Waals surface area contributed by atoms with Crippen molar-refractivity contribution in [3.63, 3.8) is 0 Å². The molecular weight excluding hydrogens is 284 g/mol. The van der Waals surface area contributed by atoms with E-state index < -0.39 is 0 Å². The van der Waals surface area contributed by atoms with Gasteiger partial charge in [0.2, 0.25) is 0 Å². The zero-order chi connectivity index (χ0) is 14.7. The number of fused-ring (bicyclic) bond motifs is 1. The van der Waals surface area contributed by atoms with Gasteiger partial charge in [0.05, 0.1) is 17.6 Å². The lowest BCUT2D eigenvalue weighted by atomic mass is 10.3. The van der Waals surface area contributed by atoms with Crippen LogP contribution in [0.2, 0.25) is 0 Å². The van der Waals surface area contributed by atoms with Gasteiger partial charge in [0.25, 0.3) is 0 Å². The van der Waals surface area contributed by atoms with Crippen LogP contribution in [0, 0.1) is 0 Å². The van der Waals surface area contributed by atoms with Gasteiger partial charge in [-0.15, -0.1) is 11.3 Å². The molecule has 2 heterocycles. The Morgan fingerprint density at radius 1 is 1.29 bits per heavy atom. The minimum absolute atomic E-state index is 0.203. The fourth-order valence-electron chi connectivity index (χ4n) is 2.34. The summed E-state index contributed by atoms with van der Waals surface area (Å²) in [6.07, 6.45) is 0.728. The maximum absolute atomic E-state index is 11.8. The summed E-state index contributed by atoms with van der Waals surface area (Å²) in [6.45, 7) is 2.41. The molecule has 1 aromatic carbocycles. The van der Waals surface area contributed by atoms with E-state index >= 15 is 0 Å². The van der Waals surface area contributed by atoms with Gasteiger partial charge in [0.1, 0.15) is 12.4 Å². The number of thiophene rings is 1. The fraction of sp³-hybridized carbons (Fsp3) is 0.250. The van der Waals surface area contributed by atoms with Gasteiger partial charge in [-0.25, -0.2) is 4.98 Å². The summed E-state index contributed by atoms with van der Waals surface area (Å²) in [5.41, 5.74) is 1.88. The van der Waals surface area contributed by atoms with E-state index in [-0.39, 0.29) is 12.5 Å². The number of esters is 1. The molecule has 0 aliphatic heterocycles. The third kappa shape index (κ3) is 2.97. The molecule has 0 aliphatic carbocycles. The van der Waals surface area contributed by atoms with Gasteiger partial charge in [-0.1, -0.05) is 18.2 Å². The molecule has 21 heavy (non-hydrogen) atoms. The average Bonchev–Trinajstić information content (AvgIpc) is 3.09. The summed E-state index contributed by atoms with van der Waals surface area (Å²) in [5, 5.41) is 2.05. The minimum atomic E-state index is -0.229. The van der Waals surface area contributed by atoms with E-state index in [9.17, 15) is 4.79 Å². The average molecular weight is 300 g/mol. The van der Waals surface area contributed by atoms with Gasteiger partial charge in [-0.05, 0) is 30.5 Å². The monoisotopic (exact) mass is 300 g/mol. The third-order valence-electron chi connectivity index (χ3n) is 3.24. The maximum Gasteiger partial charge on any atom is 0.326 e. The van der Waals surface area contributed by atoms with E-state index in [2.05, 4.69) is 11.1 Å². The van der Waals surface area contributed by atoms with Crippen LogP contribution < -0.4 is 0 Å². The van der Waals surface area contributed by atoms with Crippen LogP contribution >= 0.6 is 11.3 Å². The lowest BCUT2D eigenvalue weighted by Gasteiger charge is -2.08. The number of ether oxygens (including phenoxy) is 1. The van der Waals surface area contributed by atoms with E-state index in [1.54, 1.807) is 11.3 Å². The first-order valence-corrected chi connectivity index (χ1v) is 7.78. The molecule has 0 saturated heterocycles. The zero-order valence-corrected chi connectivity index (χ0v) is 12.6. The van der Waals surface area contributed by atoms with Crippen molar-refractivity contribution in [2.75, 3.05) is 6.61 Å². The smallest absolute Gasteiger partial charge is 0.326 e. The first kappa shape index (κ1) is 13.8. The van der Waals surface area contributed by atoms with Crippen LogP contribution in [0.5, 0.6) is 0 Å². The number of hydrogen-bond acceptors (Lipinski definition) is 4. The Hall–Kier alpha value is -2.14. The third-order valence-corrected chi connectivity index (χ3v) is 4.11. The molecule has 0 atom stereocenters. The van der Waals surface area contributed by atoms with E-state index in [1.165, 1.54) is 4.88 Å². The van der Waals surface area contributed by atoms with Crippen LogP contribution in [-0.2, 0) is 22.5 Å². The van der Waals surface area contributed by atoms with Crippen LogP contribution in [0.4, 0.5) is 0 Å². The highest BCUT2D eigenvalue weighted by atomic mass is 32.1. The molecule has 0 N–H and O–H groups in total. The summed E-state index contributed by atoms with van der Waals surface area (Å²) in [6, 6.07) is 12.0. The molecule has 5 heteroatoms. The number of imidazole rings is 1. The molecule has 3 rings (SSSR count). The van der Waals surface area contributed by atoms with Crippen LogP contribution in [0.25, 0.3) is 11.0 Å². The highest BCUT2D eigenvalue weighted by Gasteiger charge is 2.14. The standard InChI is InChI=1S/C16H16N2O2S/c1-2-20-16(19)11-18-14-8-4-3-7-13(14)17-15(18)10-12-6-5-9-21-12/h3-9H,2,10-11H2,1H3. The maximum atomic E-state index is 11.8. The first-order chi connectivity index (χ1) is 10.3. The number of carbonyl (C=O) groups excluding carboxylic acids is 1. The molecule has 0 bridgehead atoms. The molecule has 0 aliphatic rings. The van der Waals surface area contributed by atoms with Crippen molar-refractivity contribution in [1.29, 1.82) is 0 Å². The van der Waals surface area contributed by atoms with Crippen molar-refractivity contribution >= 4 is 28.3 Å². The van der Waals surface area contributed by atoms with Gasteiger partial charge in [0.15, 0.2) is 0 Å². The Bertz CT molecular complexity index is 747. The Morgan fingerprint density at radius 3 is 2.90 bits per heavy atom. The van der Waals surface area contributed by atoms with E-state index in [0.717, 1.165) is 23.3 Å². The molecular formula is C16H16N2O2S. The highest BCUT2D eigenvalue weighted by molar-refractivity contribution is 7.09. The van der Waals surface area contributed by atoms with Crippen LogP contribution in [-0.4, -0.2) is 22.1 Å². The van der Waals surface area contributed by atoms with Crippen molar-refractivity contribution < 1.29 is 9.53 Å². The number of nitrogens with zero attached hydrogens (tertiary/aromatic N) is 2. The number of aromatic nitrogens is 2. The van der Waals surface area contributed by atoms with Crippen molar-refractivity contribution in [1.82, 2.24) is 9.55 Å². The normalized spacial score (nSPS) is 10.9. The molecule has 0 saturated carbocycles. The van der Waals surface area contributed by atoms with Gasteiger partial charge in [-0.2, -0.15) is 0 Å². The number of para-hydroxylation sites is 2. The van der Waals surface area contributed by atoms with Crippen molar-refractivity contribution in [3.05, 3.63) is 52.5 Å². The minimum Gasteiger partial charge on any atom is -0.465 e. The quantitative estimate of drug-likeness (QED) is 0.679. The van der Waals surface area contributed by atoms with Crippen molar-refractivity contribution in [2.24, 2.45) is 0 Å². The molecule has 2 aromatic heterocycles. The Labute approximate surface area is 127 Å².